The standard InChI is InChI=1S/C11H20O2/c1-8(2)10-5-3-9(4-6-10)7-11(12)13/h8-10H,3-7H2,1-2H3,(H,12,13). The van der Waals surface area contributed by atoms with Gasteiger partial charge in [-0.05, 0) is 43.4 Å². The number of carboxylic acid groups (broad SMARTS) is 1. The Morgan fingerprint density at radius 2 is 1.85 bits per heavy atom. The van der Waals surface area contributed by atoms with Crippen molar-refractivity contribution in [2.75, 3.05) is 0 Å². The minimum Gasteiger partial charge on any atom is -0.481 e. The van der Waals surface area contributed by atoms with E-state index in [0.29, 0.717) is 12.3 Å². The first-order valence-corrected chi connectivity index (χ1v) is 5.31. The first kappa shape index (κ1) is 10.6. The maximum absolute atomic E-state index is 10.5. The van der Waals surface area contributed by atoms with Crippen LogP contribution < -0.4 is 0 Å². The molecule has 1 rings (SSSR count). The van der Waals surface area contributed by atoms with Crippen LogP contribution in [0.4, 0.5) is 0 Å². The first-order valence-electron chi connectivity index (χ1n) is 5.31. The molecule has 0 aromatic rings. The minimum absolute atomic E-state index is 0.380. The molecule has 1 fully saturated rings. The average Bonchev–Trinajstić information content (AvgIpc) is 2.04. The van der Waals surface area contributed by atoms with Crippen LogP contribution in [0.1, 0.15) is 46.0 Å². The summed E-state index contributed by atoms with van der Waals surface area (Å²) in [4.78, 5) is 10.5. The molecule has 76 valence electrons. The number of carbonyl (C=O) groups is 1. The lowest BCUT2D eigenvalue weighted by molar-refractivity contribution is -0.138. The van der Waals surface area contributed by atoms with Crippen LogP contribution in [0.3, 0.4) is 0 Å². The van der Waals surface area contributed by atoms with E-state index in [0.717, 1.165) is 24.7 Å². The summed E-state index contributed by atoms with van der Waals surface area (Å²) in [5.41, 5.74) is 0. The van der Waals surface area contributed by atoms with Crippen LogP contribution in [0.5, 0.6) is 0 Å². The van der Waals surface area contributed by atoms with Crippen LogP contribution in [0.25, 0.3) is 0 Å². The Kier molecular flexibility index (Phi) is 3.76. The lowest BCUT2D eigenvalue weighted by Gasteiger charge is -2.29. The average molecular weight is 184 g/mol. The van der Waals surface area contributed by atoms with Gasteiger partial charge in [-0.1, -0.05) is 13.8 Å². The number of carboxylic acids is 1. The largest absolute Gasteiger partial charge is 0.481 e. The Balaban J connectivity index is 2.26. The van der Waals surface area contributed by atoms with Gasteiger partial charge in [0.15, 0.2) is 0 Å². The van der Waals surface area contributed by atoms with Crippen molar-refractivity contribution in [1.82, 2.24) is 0 Å². The zero-order valence-corrected chi connectivity index (χ0v) is 8.62. The molecule has 0 atom stereocenters. The lowest BCUT2D eigenvalue weighted by atomic mass is 9.76. The van der Waals surface area contributed by atoms with Gasteiger partial charge in [0.2, 0.25) is 0 Å². The van der Waals surface area contributed by atoms with Crippen molar-refractivity contribution in [3.63, 3.8) is 0 Å². The Morgan fingerprint density at radius 1 is 1.31 bits per heavy atom. The van der Waals surface area contributed by atoms with Crippen LogP contribution in [-0.4, -0.2) is 11.1 Å². The molecule has 1 aliphatic carbocycles. The van der Waals surface area contributed by atoms with Crippen LogP contribution in [0, 0.1) is 17.8 Å². The molecule has 0 radical (unpaired) electrons. The topological polar surface area (TPSA) is 37.3 Å². The van der Waals surface area contributed by atoms with E-state index in [-0.39, 0.29) is 0 Å². The van der Waals surface area contributed by atoms with Crippen LogP contribution in [0.2, 0.25) is 0 Å². The number of hydrogen-bond donors (Lipinski definition) is 1. The highest BCUT2D eigenvalue weighted by atomic mass is 16.4. The summed E-state index contributed by atoms with van der Waals surface area (Å²) in [5, 5.41) is 8.64. The summed E-state index contributed by atoms with van der Waals surface area (Å²) in [6.07, 6.45) is 5.08. The van der Waals surface area contributed by atoms with Gasteiger partial charge in [0, 0.05) is 6.42 Å². The maximum atomic E-state index is 10.5. The SMILES string of the molecule is CC(C)C1CCC(CC(=O)O)CC1. The van der Waals surface area contributed by atoms with E-state index in [2.05, 4.69) is 13.8 Å². The normalized spacial score (nSPS) is 29.2. The summed E-state index contributed by atoms with van der Waals surface area (Å²) in [5.74, 6) is 1.43. The third kappa shape index (κ3) is 3.37. The molecule has 0 bridgehead atoms. The Bertz CT molecular complexity index is 167. The fourth-order valence-corrected chi connectivity index (χ4v) is 2.31. The summed E-state index contributed by atoms with van der Waals surface area (Å²) in [6.45, 7) is 4.53. The molecule has 0 spiro atoms. The number of aliphatic carboxylic acids is 1. The molecule has 13 heavy (non-hydrogen) atoms. The van der Waals surface area contributed by atoms with Gasteiger partial charge in [-0.2, -0.15) is 0 Å². The van der Waals surface area contributed by atoms with Crippen molar-refractivity contribution in [2.45, 2.75) is 46.0 Å². The Morgan fingerprint density at radius 3 is 2.23 bits per heavy atom. The smallest absolute Gasteiger partial charge is 0.303 e. The molecule has 1 aliphatic rings. The van der Waals surface area contributed by atoms with E-state index in [9.17, 15) is 4.79 Å². The maximum Gasteiger partial charge on any atom is 0.303 e. The van der Waals surface area contributed by atoms with Crippen molar-refractivity contribution in [3.8, 4) is 0 Å². The van der Waals surface area contributed by atoms with Gasteiger partial charge >= 0.3 is 5.97 Å². The second-order valence-electron chi connectivity index (χ2n) is 4.62. The Labute approximate surface area is 80.3 Å². The highest BCUT2D eigenvalue weighted by Crippen LogP contribution is 2.34. The first-order chi connectivity index (χ1) is 6.09. The minimum atomic E-state index is -0.631. The Hall–Kier alpha value is -0.530. The molecule has 0 saturated heterocycles. The molecule has 0 amide bonds. The lowest BCUT2D eigenvalue weighted by Crippen LogP contribution is -2.20. The quantitative estimate of drug-likeness (QED) is 0.732. The molecule has 0 aliphatic heterocycles. The van der Waals surface area contributed by atoms with Crippen molar-refractivity contribution >= 4 is 5.97 Å². The summed E-state index contributed by atoms with van der Waals surface area (Å²) < 4.78 is 0. The predicted octanol–water partition coefficient (Wildman–Crippen LogP) is 2.92. The van der Waals surface area contributed by atoms with Crippen molar-refractivity contribution < 1.29 is 9.90 Å². The van der Waals surface area contributed by atoms with Gasteiger partial charge in [-0.15, -0.1) is 0 Å². The van der Waals surface area contributed by atoms with E-state index in [4.69, 9.17) is 5.11 Å². The van der Waals surface area contributed by atoms with E-state index in [1.807, 2.05) is 0 Å². The van der Waals surface area contributed by atoms with E-state index in [1.54, 1.807) is 0 Å². The third-order valence-electron chi connectivity index (χ3n) is 3.30. The third-order valence-corrected chi connectivity index (χ3v) is 3.30. The van der Waals surface area contributed by atoms with Crippen LogP contribution in [0.15, 0.2) is 0 Å². The van der Waals surface area contributed by atoms with E-state index < -0.39 is 5.97 Å². The molecule has 0 aromatic carbocycles. The molecule has 1 saturated carbocycles. The highest BCUT2D eigenvalue weighted by molar-refractivity contribution is 5.67. The van der Waals surface area contributed by atoms with Crippen molar-refractivity contribution in [3.05, 3.63) is 0 Å². The fraction of sp³-hybridized carbons (Fsp3) is 0.909. The molecule has 0 heterocycles. The van der Waals surface area contributed by atoms with E-state index in [1.165, 1.54) is 12.8 Å². The van der Waals surface area contributed by atoms with E-state index >= 15 is 0 Å². The molecule has 2 nitrogen and oxygen atoms in total. The number of hydrogen-bond acceptors (Lipinski definition) is 1. The molecular formula is C11H20O2. The van der Waals surface area contributed by atoms with Gasteiger partial charge in [-0.3, -0.25) is 4.79 Å². The van der Waals surface area contributed by atoms with Crippen molar-refractivity contribution in [2.24, 2.45) is 17.8 Å². The highest BCUT2D eigenvalue weighted by Gasteiger charge is 2.24. The van der Waals surface area contributed by atoms with Gasteiger partial charge in [0.25, 0.3) is 0 Å². The molecule has 2 heteroatoms. The fourth-order valence-electron chi connectivity index (χ4n) is 2.31. The number of rotatable bonds is 3. The monoisotopic (exact) mass is 184 g/mol. The molecule has 0 unspecified atom stereocenters. The second-order valence-corrected chi connectivity index (χ2v) is 4.62. The van der Waals surface area contributed by atoms with Crippen LogP contribution in [-0.2, 0) is 4.79 Å². The molecule has 1 N–H and O–H groups in total. The molecule has 0 aromatic heterocycles. The van der Waals surface area contributed by atoms with Gasteiger partial charge in [-0.25, -0.2) is 0 Å². The summed E-state index contributed by atoms with van der Waals surface area (Å²) in [6, 6.07) is 0. The van der Waals surface area contributed by atoms with Gasteiger partial charge < -0.3 is 5.11 Å². The van der Waals surface area contributed by atoms with Crippen molar-refractivity contribution in [1.29, 1.82) is 0 Å². The van der Waals surface area contributed by atoms with Gasteiger partial charge in [0.1, 0.15) is 0 Å². The summed E-state index contributed by atoms with van der Waals surface area (Å²) >= 11 is 0. The van der Waals surface area contributed by atoms with Crippen LogP contribution >= 0.6 is 0 Å². The summed E-state index contributed by atoms with van der Waals surface area (Å²) in [7, 11) is 0. The predicted molar refractivity (Wildman–Crippen MR) is 52.5 cm³/mol. The molecular weight excluding hydrogens is 164 g/mol. The zero-order chi connectivity index (χ0) is 9.84. The van der Waals surface area contributed by atoms with Gasteiger partial charge in [0.05, 0.1) is 0 Å². The zero-order valence-electron chi connectivity index (χ0n) is 8.62. The second kappa shape index (κ2) is 4.64.